The Morgan fingerprint density at radius 2 is 2.00 bits per heavy atom. The highest BCUT2D eigenvalue weighted by Crippen LogP contribution is 2.05. The SMILES string of the molecule is CCCN=C(N)C(C(=O)OC)=C(O)OC. The van der Waals surface area contributed by atoms with Crippen molar-refractivity contribution in [2.45, 2.75) is 13.3 Å². The number of aliphatic hydroxyl groups is 1. The smallest absolute Gasteiger partial charge is 0.348 e. The van der Waals surface area contributed by atoms with Gasteiger partial charge in [0.05, 0.1) is 14.2 Å². The van der Waals surface area contributed by atoms with Crippen molar-refractivity contribution in [1.29, 1.82) is 0 Å². The molecule has 0 aliphatic rings. The van der Waals surface area contributed by atoms with Gasteiger partial charge < -0.3 is 20.3 Å². The first kappa shape index (κ1) is 13.3. The fraction of sp³-hybridized carbons (Fsp3) is 0.556. The molecule has 6 nitrogen and oxygen atoms in total. The van der Waals surface area contributed by atoms with E-state index in [-0.39, 0.29) is 11.4 Å². The maximum absolute atomic E-state index is 11.2. The number of aliphatic imine (C=N–C) groups is 1. The van der Waals surface area contributed by atoms with E-state index in [1.165, 1.54) is 14.2 Å². The summed E-state index contributed by atoms with van der Waals surface area (Å²) >= 11 is 0. The molecule has 0 fully saturated rings. The van der Waals surface area contributed by atoms with Gasteiger partial charge in [0.25, 0.3) is 5.95 Å². The molecular formula is C9H16N2O4. The third-order valence-corrected chi connectivity index (χ3v) is 1.56. The lowest BCUT2D eigenvalue weighted by molar-refractivity contribution is -0.136. The highest BCUT2D eigenvalue weighted by atomic mass is 16.6. The number of nitrogens with zero attached hydrogens (tertiary/aromatic N) is 1. The third kappa shape index (κ3) is 3.88. The van der Waals surface area contributed by atoms with Crippen LogP contribution in [-0.4, -0.2) is 37.7 Å². The van der Waals surface area contributed by atoms with Crippen LogP contribution in [0, 0.1) is 0 Å². The van der Waals surface area contributed by atoms with E-state index in [2.05, 4.69) is 14.5 Å². The van der Waals surface area contributed by atoms with Gasteiger partial charge in [0.1, 0.15) is 5.84 Å². The van der Waals surface area contributed by atoms with Crippen LogP contribution in [0.15, 0.2) is 16.5 Å². The first-order valence-corrected chi connectivity index (χ1v) is 4.44. The van der Waals surface area contributed by atoms with Crippen molar-refractivity contribution in [3.8, 4) is 0 Å². The molecule has 0 unspecified atom stereocenters. The van der Waals surface area contributed by atoms with Gasteiger partial charge in [0.15, 0.2) is 5.57 Å². The van der Waals surface area contributed by atoms with E-state index in [9.17, 15) is 9.90 Å². The number of aliphatic hydroxyl groups excluding tert-OH is 1. The molecule has 0 saturated heterocycles. The topological polar surface area (TPSA) is 94.1 Å². The number of rotatable bonds is 5. The van der Waals surface area contributed by atoms with E-state index in [4.69, 9.17) is 5.73 Å². The van der Waals surface area contributed by atoms with Gasteiger partial charge in [-0.05, 0) is 6.42 Å². The molecule has 6 heteroatoms. The van der Waals surface area contributed by atoms with E-state index in [1.807, 2.05) is 6.92 Å². The maximum atomic E-state index is 11.2. The monoisotopic (exact) mass is 216 g/mol. The third-order valence-electron chi connectivity index (χ3n) is 1.56. The molecule has 0 aromatic heterocycles. The van der Waals surface area contributed by atoms with Crippen molar-refractivity contribution in [2.75, 3.05) is 20.8 Å². The first-order chi connectivity index (χ1) is 7.08. The summed E-state index contributed by atoms with van der Waals surface area (Å²) in [7, 11) is 2.39. The molecule has 0 aromatic carbocycles. The standard InChI is InChI=1S/C9H16N2O4/c1-4-5-11-7(10)6(8(12)14-2)9(13)15-3/h12H,4-5H2,1-3H3,(H2,10,11). The highest BCUT2D eigenvalue weighted by molar-refractivity contribution is 6.18. The summed E-state index contributed by atoms with van der Waals surface area (Å²) in [5.41, 5.74) is 5.25. The lowest BCUT2D eigenvalue weighted by atomic mass is 10.2. The molecule has 0 aliphatic heterocycles. The van der Waals surface area contributed by atoms with Crippen molar-refractivity contribution in [1.82, 2.24) is 0 Å². The van der Waals surface area contributed by atoms with Crippen LogP contribution >= 0.6 is 0 Å². The molecule has 0 rings (SSSR count). The largest absolute Gasteiger partial charge is 0.480 e. The van der Waals surface area contributed by atoms with Gasteiger partial charge in [0, 0.05) is 6.54 Å². The number of esters is 1. The average Bonchev–Trinajstić information content (AvgIpc) is 2.25. The summed E-state index contributed by atoms with van der Waals surface area (Å²) in [5.74, 6) is -1.48. The second-order valence-corrected chi connectivity index (χ2v) is 2.64. The molecule has 0 saturated carbocycles. The van der Waals surface area contributed by atoms with Gasteiger partial charge in [-0.15, -0.1) is 0 Å². The molecule has 0 radical (unpaired) electrons. The molecule has 0 spiro atoms. The van der Waals surface area contributed by atoms with Crippen molar-refractivity contribution in [2.24, 2.45) is 10.7 Å². The van der Waals surface area contributed by atoms with Crippen LogP contribution in [0.1, 0.15) is 13.3 Å². The van der Waals surface area contributed by atoms with E-state index < -0.39 is 11.9 Å². The molecule has 3 N–H and O–H groups in total. The minimum Gasteiger partial charge on any atom is -0.480 e. The van der Waals surface area contributed by atoms with Crippen LogP contribution in [-0.2, 0) is 14.3 Å². The molecule has 15 heavy (non-hydrogen) atoms. The molecule has 0 heterocycles. The van der Waals surface area contributed by atoms with Crippen molar-refractivity contribution < 1.29 is 19.4 Å². The predicted octanol–water partition coefficient (Wildman–Crippen LogP) is 0.343. The fourth-order valence-corrected chi connectivity index (χ4v) is 0.817. The number of carbonyl (C=O) groups excluding carboxylic acids is 1. The Kier molecular flexibility index (Phi) is 5.92. The second kappa shape index (κ2) is 6.69. The summed E-state index contributed by atoms with van der Waals surface area (Å²) in [6.07, 6.45) is 0.781. The maximum Gasteiger partial charge on any atom is 0.348 e. The van der Waals surface area contributed by atoms with Gasteiger partial charge in [-0.2, -0.15) is 0 Å². The summed E-state index contributed by atoms with van der Waals surface area (Å²) < 4.78 is 8.95. The zero-order valence-electron chi connectivity index (χ0n) is 9.11. The summed E-state index contributed by atoms with van der Waals surface area (Å²) in [4.78, 5) is 15.1. The molecule has 0 atom stereocenters. The van der Waals surface area contributed by atoms with Crippen LogP contribution in [0.4, 0.5) is 0 Å². The number of hydrogen-bond donors (Lipinski definition) is 2. The highest BCUT2D eigenvalue weighted by Gasteiger charge is 2.21. The number of nitrogens with two attached hydrogens (primary N) is 1. The fourth-order valence-electron chi connectivity index (χ4n) is 0.817. The van der Waals surface area contributed by atoms with Crippen molar-refractivity contribution in [3.05, 3.63) is 11.5 Å². The average molecular weight is 216 g/mol. The number of ether oxygens (including phenoxy) is 2. The van der Waals surface area contributed by atoms with Gasteiger partial charge in [0.2, 0.25) is 0 Å². The van der Waals surface area contributed by atoms with Crippen LogP contribution in [0.25, 0.3) is 0 Å². The Labute approximate surface area is 88.4 Å². The van der Waals surface area contributed by atoms with Crippen molar-refractivity contribution >= 4 is 11.8 Å². The molecule has 0 bridgehead atoms. The summed E-state index contributed by atoms with van der Waals surface area (Å²) in [6.45, 7) is 2.37. The van der Waals surface area contributed by atoms with Crippen LogP contribution in [0.3, 0.4) is 0 Å². The zero-order valence-corrected chi connectivity index (χ0v) is 9.11. The first-order valence-electron chi connectivity index (χ1n) is 4.44. The van der Waals surface area contributed by atoms with E-state index >= 15 is 0 Å². The molecule has 86 valence electrons. The second-order valence-electron chi connectivity index (χ2n) is 2.64. The normalized spacial score (nSPS) is 13.1. The predicted molar refractivity (Wildman–Crippen MR) is 55.5 cm³/mol. The Bertz CT molecular complexity index is 284. The minimum absolute atomic E-state index is 0.0944. The Morgan fingerprint density at radius 1 is 1.40 bits per heavy atom. The van der Waals surface area contributed by atoms with Crippen LogP contribution in [0.5, 0.6) is 0 Å². The molecule has 0 aliphatic carbocycles. The lowest BCUT2D eigenvalue weighted by Gasteiger charge is -2.06. The van der Waals surface area contributed by atoms with E-state index in [0.717, 1.165) is 6.42 Å². The van der Waals surface area contributed by atoms with Gasteiger partial charge in [-0.1, -0.05) is 6.92 Å². The lowest BCUT2D eigenvalue weighted by Crippen LogP contribution is -2.25. The van der Waals surface area contributed by atoms with Crippen LogP contribution in [0.2, 0.25) is 0 Å². The van der Waals surface area contributed by atoms with Gasteiger partial charge in [-0.25, -0.2) is 4.79 Å². The Hall–Kier alpha value is -1.72. The number of amidine groups is 1. The Balaban J connectivity index is 5.04. The van der Waals surface area contributed by atoms with Gasteiger partial charge in [-0.3, -0.25) is 4.99 Å². The summed E-state index contributed by atoms with van der Waals surface area (Å²) in [6, 6.07) is 0. The molecule has 0 aromatic rings. The quantitative estimate of drug-likeness (QED) is 0.227. The zero-order chi connectivity index (χ0) is 11.8. The Morgan fingerprint density at radius 3 is 2.40 bits per heavy atom. The van der Waals surface area contributed by atoms with Crippen LogP contribution < -0.4 is 5.73 Å². The van der Waals surface area contributed by atoms with Gasteiger partial charge >= 0.3 is 5.97 Å². The number of hydrogen-bond acceptors (Lipinski definition) is 5. The summed E-state index contributed by atoms with van der Waals surface area (Å²) in [5, 5.41) is 9.28. The number of carbonyl (C=O) groups is 1. The molecule has 0 amide bonds. The van der Waals surface area contributed by atoms with E-state index in [0.29, 0.717) is 6.54 Å². The van der Waals surface area contributed by atoms with Crippen molar-refractivity contribution in [3.63, 3.8) is 0 Å². The number of methoxy groups -OCH3 is 2. The minimum atomic E-state index is -0.785. The molecular weight excluding hydrogens is 200 g/mol. The van der Waals surface area contributed by atoms with E-state index in [1.54, 1.807) is 0 Å².